The molecule has 2 aromatic carbocycles. The number of nitrogens with zero attached hydrogens (tertiary/aromatic N) is 6. The van der Waals surface area contributed by atoms with Crippen LogP contribution in [0.2, 0.25) is 0 Å². The van der Waals surface area contributed by atoms with Crippen LogP contribution < -0.4 is 21.7 Å². The minimum absolute atomic E-state index is 0.0673. The third-order valence-electron chi connectivity index (χ3n) is 7.01. The molecule has 1 aliphatic carbocycles. The molecule has 4 aromatic rings. The van der Waals surface area contributed by atoms with Crippen LogP contribution in [0.5, 0.6) is 0 Å². The average molecular weight is 544 g/mol. The van der Waals surface area contributed by atoms with Gasteiger partial charge in [-0.2, -0.15) is 20.1 Å². The van der Waals surface area contributed by atoms with Crippen LogP contribution in [0.25, 0.3) is 11.4 Å². The maximum absolute atomic E-state index is 15.1. The summed E-state index contributed by atoms with van der Waals surface area (Å²) < 4.78 is 16.5. The van der Waals surface area contributed by atoms with Gasteiger partial charge in [-0.3, -0.25) is 14.3 Å². The van der Waals surface area contributed by atoms with Gasteiger partial charge in [0.25, 0.3) is 5.91 Å². The van der Waals surface area contributed by atoms with E-state index in [9.17, 15) is 14.7 Å². The van der Waals surface area contributed by atoms with Gasteiger partial charge in [0.2, 0.25) is 17.8 Å². The molecule has 13 heteroatoms. The number of aromatic nitrogens is 5. The predicted octanol–water partition coefficient (Wildman–Crippen LogP) is 2.26. The van der Waals surface area contributed by atoms with Crippen molar-refractivity contribution in [2.45, 2.75) is 38.3 Å². The van der Waals surface area contributed by atoms with Gasteiger partial charge >= 0.3 is 0 Å². The van der Waals surface area contributed by atoms with Crippen LogP contribution in [0.15, 0.2) is 42.7 Å². The molecule has 0 radical (unpaired) electrons. The first-order chi connectivity index (χ1) is 19.3. The molecule has 0 spiro atoms. The van der Waals surface area contributed by atoms with E-state index >= 15 is 4.39 Å². The topological polar surface area (TPSA) is 178 Å². The van der Waals surface area contributed by atoms with E-state index in [2.05, 4.69) is 25.4 Å². The first kappa shape index (κ1) is 25.4. The first-order valence-electron chi connectivity index (χ1n) is 12.8. The zero-order valence-corrected chi connectivity index (χ0v) is 21.3. The second-order valence-corrected chi connectivity index (χ2v) is 9.84. The number of halogens is 1. The third-order valence-corrected chi connectivity index (χ3v) is 7.01. The van der Waals surface area contributed by atoms with Crippen LogP contribution >= 0.6 is 0 Å². The molecule has 204 valence electrons. The van der Waals surface area contributed by atoms with Crippen molar-refractivity contribution in [1.29, 1.82) is 0 Å². The Balaban J connectivity index is 1.32. The number of aliphatic hydroxyl groups is 1. The average Bonchev–Trinajstić information content (AvgIpc) is 3.68. The van der Waals surface area contributed by atoms with E-state index < -0.39 is 24.2 Å². The molecule has 0 atom stereocenters. The number of primary amides is 1. The molecule has 6 N–H and O–H groups in total. The third kappa shape index (κ3) is 4.82. The molecular formula is C27H26FN9O3. The molecule has 2 aliphatic rings. The van der Waals surface area contributed by atoms with Crippen molar-refractivity contribution >= 4 is 35.1 Å². The predicted molar refractivity (Wildman–Crippen MR) is 144 cm³/mol. The number of amides is 2. The minimum Gasteiger partial charge on any atom is -0.392 e. The summed E-state index contributed by atoms with van der Waals surface area (Å²) >= 11 is 0. The molecule has 12 nitrogen and oxygen atoms in total. The van der Waals surface area contributed by atoms with Crippen LogP contribution in [0.4, 0.5) is 27.7 Å². The number of carbonyl (C=O) groups is 2. The highest BCUT2D eigenvalue weighted by Crippen LogP contribution is 2.42. The molecule has 1 aliphatic heterocycles. The summed E-state index contributed by atoms with van der Waals surface area (Å²) in [5.41, 5.74) is 14.7. The maximum Gasteiger partial charge on any atom is 0.261 e. The molecule has 2 aromatic heterocycles. The van der Waals surface area contributed by atoms with Crippen LogP contribution in [0.1, 0.15) is 45.8 Å². The van der Waals surface area contributed by atoms with Crippen LogP contribution in [-0.2, 0) is 24.4 Å². The summed E-state index contributed by atoms with van der Waals surface area (Å²) in [7, 11) is 0. The maximum atomic E-state index is 15.1. The van der Waals surface area contributed by atoms with E-state index in [1.54, 1.807) is 24.4 Å². The Morgan fingerprint density at radius 2 is 2.02 bits per heavy atom. The zero-order valence-electron chi connectivity index (χ0n) is 21.3. The van der Waals surface area contributed by atoms with Crippen molar-refractivity contribution in [2.75, 3.05) is 22.5 Å². The molecule has 3 heterocycles. The molecule has 40 heavy (non-hydrogen) atoms. The number of anilines is 4. The minimum atomic E-state index is -0.542. The quantitative estimate of drug-likeness (QED) is 0.259. The zero-order chi connectivity index (χ0) is 28.0. The molecule has 6 rings (SSSR count). The Labute approximate surface area is 227 Å². The molecule has 1 fully saturated rings. The molecule has 0 saturated heterocycles. The molecule has 1 saturated carbocycles. The Kier molecular flexibility index (Phi) is 6.34. The number of nitrogen functional groups attached to an aromatic ring is 1. The molecule has 2 amide bonds. The Morgan fingerprint density at radius 3 is 2.77 bits per heavy atom. The number of rotatable bonds is 8. The number of fused-ring (bicyclic) bond motifs is 1. The number of carbonyl (C=O) groups excluding carboxylic acids is 2. The molecule has 0 unspecified atom stereocenters. The van der Waals surface area contributed by atoms with E-state index in [0.29, 0.717) is 46.9 Å². The fourth-order valence-corrected chi connectivity index (χ4v) is 5.05. The highest BCUT2D eigenvalue weighted by molar-refractivity contribution is 6.09. The van der Waals surface area contributed by atoms with E-state index in [1.165, 1.54) is 21.8 Å². The number of hydrogen-bond donors (Lipinski definition) is 4. The van der Waals surface area contributed by atoms with Gasteiger partial charge in [-0.15, -0.1) is 0 Å². The van der Waals surface area contributed by atoms with E-state index in [4.69, 9.17) is 11.5 Å². The van der Waals surface area contributed by atoms with Crippen molar-refractivity contribution < 1.29 is 19.1 Å². The number of aliphatic hydroxyl groups excluding tert-OH is 1. The lowest BCUT2D eigenvalue weighted by Gasteiger charge is -2.31. The Bertz CT molecular complexity index is 1650. The summed E-state index contributed by atoms with van der Waals surface area (Å²) in [5.74, 6) is -0.956. The monoisotopic (exact) mass is 543 g/mol. The lowest BCUT2D eigenvalue weighted by molar-refractivity contribution is -0.118. The smallest absolute Gasteiger partial charge is 0.261 e. The van der Waals surface area contributed by atoms with Crippen LogP contribution in [0.3, 0.4) is 0 Å². The van der Waals surface area contributed by atoms with Gasteiger partial charge < -0.3 is 26.8 Å². The van der Waals surface area contributed by atoms with Gasteiger partial charge in [0, 0.05) is 23.9 Å². The van der Waals surface area contributed by atoms with E-state index in [1.807, 2.05) is 6.07 Å². The normalized spacial score (nSPS) is 14.8. The van der Waals surface area contributed by atoms with Gasteiger partial charge in [0.15, 0.2) is 5.82 Å². The van der Waals surface area contributed by atoms with E-state index in [0.717, 1.165) is 18.4 Å². The Morgan fingerprint density at radius 1 is 1.20 bits per heavy atom. The summed E-state index contributed by atoms with van der Waals surface area (Å²) in [6.45, 7) is -0.193. The fourth-order valence-electron chi connectivity index (χ4n) is 5.05. The van der Waals surface area contributed by atoms with Gasteiger partial charge in [0.1, 0.15) is 12.4 Å². The summed E-state index contributed by atoms with van der Waals surface area (Å²) in [6, 6.07) is 8.53. The largest absolute Gasteiger partial charge is 0.392 e. The number of nitrogens with one attached hydrogen (secondary N) is 1. The second kappa shape index (κ2) is 10.0. The van der Waals surface area contributed by atoms with Crippen molar-refractivity contribution in [1.82, 2.24) is 24.7 Å². The highest BCUT2D eigenvalue weighted by atomic mass is 19.1. The van der Waals surface area contributed by atoms with E-state index in [-0.39, 0.29) is 29.8 Å². The molecular weight excluding hydrogens is 517 g/mol. The Hall–Kier alpha value is -4.91. The summed E-state index contributed by atoms with van der Waals surface area (Å²) in [4.78, 5) is 39.0. The molecule has 0 bridgehead atoms. The van der Waals surface area contributed by atoms with Gasteiger partial charge in [-0.05, 0) is 48.4 Å². The van der Waals surface area contributed by atoms with Crippen LogP contribution in [0, 0.1) is 5.82 Å². The SMILES string of the molecule is NC(=O)Cn1cc(Nc2nc(N)nc(-c3cccc(N4CCc5cc(C6CC6)cc(F)c5C4=O)c3CO)n2)cn1. The number of benzene rings is 2. The summed E-state index contributed by atoms with van der Waals surface area (Å²) in [6.07, 6.45) is 5.60. The van der Waals surface area contributed by atoms with Gasteiger partial charge in [0.05, 0.1) is 29.7 Å². The van der Waals surface area contributed by atoms with Gasteiger partial charge in [-0.25, -0.2) is 4.39 Å². The van der Waals surface area contributed by atoms with Crippen molar-refractivity contribution in [2.24, 2.45) is 5.73 Å². The van der Waals surface area contributed by atoms with Crippen LogP contribution in [-0.4, -0.2) is 48.2 Å². The fraction of sp³-hybridized carbons (Fsp3) is 0.259. The highest BCUT2D eigenvalue weighted by Gasteiger charge is 2.33. The van der Waals surface area contributed by atoms with Crippen molar-refractivity contribution in [3.05, 3.63) is 70.8 Å². The first-order valence-corrected chi connectivity index (χ1v) is 12.8. The van der Waals surface area contributed by atoms with Crippen molar-refractivity contribution in [3.8, 4) is 11.4 Å². The second-order valence-electron chi connectivity index (χ2n) is 9.84. The standard InChI is InChI=1S/C27H26FN9O3/c28-20-9-16(14-4-5-14)8-15-6-7-37(25(40)23(15)20)21-3-1-2-18(19(21)13-38)24-33-26(30)35-27(34-24)32-17-10-31-36(11-17)12-22(29)39/h1-3,8-11,14,38H,4-7,12-13H2,(H2,29,39)(H3,30,32,33,34,35). The van der Waals surface area contributed by atoms with Crippen molar-refractivity contribution in [3.63, 3.8) is 0 Å². The lowest BCUT2D eigenvalue weighted by Crippen LogP contribution is -2.39. The van der Waals surface area contributed by atoms with Gasteiger partial charge in [-0.1, -0.05) is 18.2 Å². The number of hydrogen-bond acceptors (Lipinski definition) is 9. The summed E-state index contributed by atoms with van der Waals surface area (Å²) in [5, 5.41) is 17.4. The number of nitrogens with two attached hydrogens (primary N) is 2. The lowest BCUT2D eigenvalue weighted by atomic mass is 9.93.